The smallest absolute Gasteiger partial charge is 0.337 e. The molecular formula is C16H14NO5S2-. The largest absolute Gasteiger partial charge is 0.550 e. The highest BCUT2D eigenvalue weighted by atomic mass is 32.2. The highest BCUT2D eigenvalue weighted by Gasteiger charge is 2.31. The number of carbonyl (C=O) groups excluding carboxylic acids is 3. The second-order valence-corrected chi connectivity index (χ2v) is 6.60. The number of carboxylic acid groups (broad SMARTS) is 1. The molecule has 6 nitrogen and oxygen atoms in total. The van der Waals surface area contributed by atoms with Crippen LogP contribution in [0.5, 0.6) is 0 Å². The van der Waals surface area contributed by atoms with Gasteiger partial charge in [0, 0.05) is 12.5 Å². The molecule has 1 aliphatic heterocycles. The molecular weight excluding hydrogens is 350 g/mol. The minimum Gasteiger partial charge on any atom is -0.550 e. The molecule has 1 heterocycles. The molecule has 1 amide bonds. The Morgan fingerprint density at radius 1 is 1.33 bits per heavy atom. The van der Waals surface area contributed by atoms with Crippen molar-refractivity contribution in [3.8, 4) is 0 Å². The van der Waals surface area contributed by atoms with Crippen molar-refractivity contribution in [3.63, 3.8) is 0 Å². The number of amides is 1. The number of hydrogen-bond donors (Lipinski definition) is 0. The maximum atomic E-state index is 12.3. The van der Waals surface area contributed by atoms with E-state index in [2.05, 4.69) is 4.74 Å². The zero-order chi connectivity index (χ0) is 17.7. The van der Waals surface area contributed by atoms with Gasteiger partial charge in [0.15, 0.2) is 0 Å². The predicted octanol–water partition coefficient (Wildman–Crippen LogP) is 1.20. The fourth-order valence-corrected chi connectivity index (χ4v) is 3.37. The van der Waals surface area contributed by atoms with Crippen LogP contribution in [0.15, 0.2) is 29.2 Å². The molecule has 1 saturated heterocycles. The molecule has 1 aromatic carbocycles. The highest BCUT2D eigenvalue weighted by Crippen LogP contribution is 2.32. The first-order valence-corrected chi connectivity index (χ1v) is 8.28. The van der Waals surface area contributed by atoms with Crippen LogP contribution in [0.2, 0.25) is 0 Å². The van der Waals surface area contributed by atoms with E-state index in [1.54, 1.807) is 30.3 Å². The van der Waals surface area contributed by atoms with Crippen LogP contribution in [0.25, 0.3) is 6.08 Å². The minimum absolute atomic E-state index is 0.120. The number of carboxylic acids is 1. The summed E-state index contributed by atoms with van der Waals surface area (Å²) in [5.74, 6) is -1.83. The van der Waals surface area contributed by atoms with Gasteiger partial charge < -0.3 is 14.6 Å². The van der Waals surface area contributed by atoms with Gasteiger partial charge in [-0.25, -0.2) is 4.79 Å². The Labute approximate surface area is 148 Å². The predicted molar refractivity (Wildman–Crippen MR) is 91.9 cm³/mol. The molecule has 2 rings (SSSR count). The van der Waals surface area contributed by atoms with Crippen molar-refractivity contribution < 1.29 is 24.2 Å². The van der Waals surface area contributed by atoms with Crippen molar-refractivity contribution in [3.05, 3.63) is 40.3 Å². The van der Waals surface area contributed by atoms with Crippen molar-refractivity contribution in [2.75, 3.05) is 13.7 Å². The van der Waals surface area contributed by atoms with E-state index >= 15 is 0 Å². The Kier molecular flexibility index (Phi) is 6.10. The Morgan fingerprint density at radius 3 is 2.58 bits per heavy atom. The Bertz CT molecular complexity index is 712. The van der Waals surface area contributed by atoms with E-state index in [0.717, 1.165) is 17.3 Å². The lowest BCUT2D eigenvalue weighted by molar-refractivity contribution is -0.305. The monoisotopic (exact) mass is 364 g/mol. The fraction of sp³-hybridized carbons (Fsp3) is 0.250. The molecule has 0 saturated carbocycles. The van der Waals surface area contributed by atoms with E-state index in [9.17, 15) is 19.5 Å². The molecule has 0 aliphatic carbocycles. The Hall–Kier alpha value is -2.19. The minimum atomic E-state index is -1.15. The molecule has 0 spiro atoms. The van der Waals surface area contributed by atoms with Gasteiger partial charge in [0.25, 0.3) is 5.91 Å². The van der Waals surface area contributed by atoms with Gasteiger partial charge in [-0.1, -0.05) is 36.1 Å². The number of nitrogens with zero attached hydrogens (tertiary/aromatic N) is 1. The molecule has 0 unspecified atom stereocenters. The van der Waals surface area contributed by atoms with Crippen molar-refractivity contribution >= 4 is 52.2 Å². The van der Waals surface area contributed by atoms with E-state index < -0.39 is 11.9 Å². The van der Waals surface area contributed by atoms with Crippen LogP contribution in [0.4, 0.5) is 0 Å². The maximum Gasteiger partial charge on any atom is 0.337 e. The third kappa shape index (κ3) is 4.42. The van der Waals surface area contributed by atoms with Gasteiger partial charge in [0.2, 0.25) is 0 Å². The first-order chi connectivity index (χ1) is 11.4. The zero-order valence-corrected chi connectivity index (χ0v) is 14.4. The molecule has 24 heavy (non-hydrogen) atoms. The van der Waals surface area contributed by atoms with Crippen LogP contribution in [0.1, 0.15) is 28.8 Å². The number of aliphatic carboxylic acids is 1. The average Bonchev–Trinajstić information content (AvgIpc) is 2.82. The summed E-state index contributed by atoms with van der Waals surface area (Å²) in [6.45, 7) is 0.247. The number of methoxy groups -OCH3 is 1. The summed E-state index contributed by atoms with van der Waals surface area (Å²) in [7, 11) is 1.31. The molecule has 1 aliphatic rings. The third-order valence-electron chi connectivity index (χ3n) is 3.27. The molecule has 1 fully saturated rings. The number of rotatable bonds is 6. The van der Waals surface area contributed by atoms with Gasteiger partial charge in [-0.2, -0.15) is 0 Å². The number of benzene rings is 1. The van der Waals surface area contributed by atoms with E-state index in [1.165, 1.54) is 12.0 Å². The van der Waals surface area contributed by atoms with Crippen molar-refractivity contribution in [1.29, 1.82) is 0 Å². The van der Waals surface area contributed by atoms with Crippen LogP contribution in [0, 0.1) is 0 Å². The van der Waals surface area contributed by atoms with E-state index in [1.807, 2.05) is 0 Å². The fourth-order valence-electron chi connectivity index (χ4n) is 2.06. The first kappa shape index (κ1) is 18.2. The maximum absolute atomic E-state index is 12.3. The van der Waals surface area contributed by atoms with Crippen molar-refractivity contribution in [1.82, 2.24) is 4.90 Å². The van der Waals surface area contributed by atoms with Crippen LogP contribution < -0.4 is 5.11 Å². The van der Waals surface area contributed by atoms with Gasteiger partial charge in [0.05, 0.1) is 17.6 Å². The lowest BCUT2D eigenvalue weighted by atomic mass is 10.1. The zero-order valence-electron chi connectivity index (χ0n) is 12.8. The van der Waals surface area contributed by atoms with Gasteiger partial charge in [-0.3, -0.25) is 9.69 Å². The van der Waals surface area contributed by atoms with Gasteiger partial charge in [0.1, 0.15) is 4.32 Å². The Balaban J connectivity index is 2.07. The summed E-state index contributed by atoms with van der Waals surface area (Å²) in [5.41, 5.74) is 1.17. The Morgan fingerprint density at radius 2 is 2.00 bits per heavy atom. The van der Waals surface area contributed by atoms with E-state index in [0.29, 0.717) is 14.8 Å². The number of esters is 1. The number of hydrogen-bond acceptors (Lipinski definition) is 7. The molecule has 0 atom stereocenters. The normalized spacial score (nSPS) is 15.9. The molecule has 8 heteroatoms. The van der Waals surface area contributed by atoms with Crippen molar-refractivity contribution in [2.45, 2.75) is 12.8 Å². The molecule has 126 valence electrons. The van der Waals surface area contributed by atoms with Crippen LogP contribution in [-0.4, -0.2) is 40.7 Å². The standard InChI is InChI=1S/C16H15NO5S2/c1-22-15(21)11-6-4-10(5-7-11)9-12-14(20)17(16(23)24-12)8-2-3-13(18)19/h4-7,9H,2-3,8H2,1H3,(H,18,19)/p-1. The number of thiocarbonyl (C=S) groups is 1. The summed E-state index contributed by atoms with van der Waals surface area (Å²) in [4.78, 5) is 36.0. The van der Waals surface area contributed by atoms with Crippen LogP contribution in [-0.2, 0) is 14.3 Å². The van der Waals surface area contributed by atoms with Crippen molar-refractivity contribution in [2.24, 2.45) is 0 Å². The van der Waals surface area contributed by atoms with E-state index in [-0.39, 0.29) is 25.3 Å². The molecule has 1 aromatic rings. The summed E-state index contributed by atoms with van der Waals surface area (Å²) in [5, 5.41) is 10.4. The quantitative estimate of drug-likeness (QED) is 0.426. The lowest BCUT2D eigenvalue weighted by Gasteiger charge is -2.14. The number of ether oxygens (including phenoxy) is 1. The second-order valence-electron chi connectivity index (χ2n) is 4.92. The number of thioether (sulfide) groups is 1. The second kappa shape index (κ2) is 8.07. The molecule has 0 N–H and O–H groups in total. The third-order valence-corrected chi connectivity index (χ3v) is 4.64. The van der Waals surface area contributed by atoms with E-state index in [4.69, 9.17) is 12.2 Å². The van der Waals surface area contributed by atoms with Gasteiger partial charge in [-0.15, -0.1) is 0 Å². The summed E-state index contributed by atoms with van der Waals surface area (Å²) >= 11 is 6.33. The summed E-state index contributed by atoms with van der Waals surface area (Å²) < 4.78 is 5.03. The van der Waals surface area contributed by atoms with Crippen LogP contribution in [0.3, 0.4) is 0 Å². The van der Waals surface area contributed by atoms with Gasteiger partial charge >= 0.3 is 5.97 Å². The molecule has 0 radical (unpaired) electrons. The first-order valence-electron chi connectivity index (χ1n) is 7.06. The summed E-state index contributed by atoms with van der Waals surface area (Å²) in [6.07, 6.45) is 1.85. The number of carbonyl (C=O) groups is 3. The SMILES string of the molecule is COC(=O)c1ccc(C=C2SC(=S)N(CCCC(=O)[O-])C2=O)cc1. The average molecular weight is 364 g/mol. The molecule has 0 aromatic heterocycles. The topological polar surface area (TPSA) is 86.7 Å². The van der Waals surface area contributed by atoms with Gasteiger partial charge in [-0.05, 0) is 36.6 Å². The summed E-state index contributed by atoms with van der Waals surface area (Å²) in [6, 6.07) is 6.63. The highest BCUT2D eigenvalue weighted by molar-refractivity contribution is 8.26. The lowest BCUT2D eigenvalue weighted by Crippen LogP contribution is -2.30. The van der Waals surface area contributed by atoms with Crippen LogP contribution >= 0.6 is 24.0 Å². The molecule has 0 bridgehead atoms.